The first kappa shape index (κ1) is 12.9. The summed E-state index contributed by atoms with van der Waals surface area (Å²) in [6.07, 6.45) is 0.124. The Kier molecular flexibility index (Phi) is 4.97. The van der Waals surface area contributed by atoms with Gasteiger partial charge in [0.2, 0.25) is 0 Å². The van der Waals surface area contributed by atoms with Crippen molar-refractivity contribution in [3.8, 4) is 0 Å². The zero-order chi connectivity index (χ0) is 11.4. The van der Waals surface area contributed by atoms with E-state index in [1.165, 1.54) is 0 Å². The van der Waals surface area contributed by atoms with Gasteiger partial charge in [0.05, 0.1) is 0 Å². The van der Waals surface area contributed by atoms with Crippen LogP contribution in [0.4, 0.5) is 0 Å². The van der Waals surface area contributed by atoms with Crippen molar-refractivity contribution in [3.63, 3.8) is 0 Å². The summed E-state index contributed by atoms with van der Waals surface area (Å²) in [5.74, 6) is -0.762. The topological polar surface area (TPSA) is 57.0 Å². The molecule has 0 aliphatic heterocycles. The van der Waals surface area contributed by atoms with E-state index in [4.69, 9.17) is 5.11 Å². The molecule has 0 amide bonds. The second kappa shape index (κ2) is 5.78. The van der Waals surface area contributed by atoms with Crippen LogP contribution in [0.15, 0.2) is 18.2 Å². The van der Waals surface area contributed by atoms with E-state index in [-0.39, 0.29) is 18.6 Å². The van der Waals surface area contributed by atoms with Crippen LogP contribution in [-0.4, -0.2) is 16.9 Å². The van der Waals surface area contributed by atoms with E-state index in [0.29, 0.717) is 5.56 Å². The summed E-state index contributed by atoms with van der Waals surface area (Å²) < 4.78 is 1.88. The molecule has 0 aliphatic carbocycles. The van der Waals surface area contributed by atoms with E-state index in [1.54, 1.807) is 6.07 Å². The number of carbonyl (C=O) groups is 2. The maximum absolute atomic E-state index is 11.7. The number of rotatable bonds is 4. The molecule has 3 nitrogen and oxygen atoms in total. The summed E-state index contributed by atoms with van der Waals surface area (Å²) in [4.78, 5) is 22.1. The van der Waals surface area contributed by atoms with Crippen molar-refractivity contribution in [3.05, 3.63) is 30.9 Å². The lowest BCUT2D eigenvalue weighted by molar-refractivity contribution is -0.136. The third-order valence-electron chi connectivity index (χ3n) is 1.81. The average molecular weight is 431 g/mol. The number of benzene rings is 1. The van der Waals surface area contributed by atoms with Crippen LogP contribution in [0.5, 0.6) is 0 Å². The van der Waals surface area contributed by atoms with Gasteiger partial charge in [-0.15, -0.1) is 0 Å². The minimum Gasteiger partial charge on any atom is -0.565 e. The first-order valence-corrected chi connectivity index (χ1v) is 6.39. The molecule has 80 valence electrons. The Labute approximate surface area is 115 Å². The van der Waals surface area contributed by atoms with Gasteiger partial charge in [-0.3, -0.25) is 4.79 Å². The summed E-state index contributed by atoms with van der Waals surface area (Å²) in [6, 6.07) is 5.60. The van der Waals surface area contributed by atoms with Crippen molar-refractivity contribution in [1.29, 1.82) is 0 Å². The lowest BCUT2D eigenvalue weighted by Crippen LogP contribution is -2.05. The molecule has 0 bridgehead atoms. The summed E-state index contributed by atoms with van der Waals surface area (Å²) >= 11 is 4.23. The Balaban J connectivity index is 2.81. The molecule has 1 aromatic carbocycles. The molecule has 0 fully saturated rings. The van der Waals surface area contributed by atoms with Crippen molar-refractivity contribution in [2.24, 2.45) is 0 Å². The Hall–Kier alpha value is -0.180. The fourth-order valence-corrected chi connectivity index (χ4v) is 2.20. The normalized spacial score (nSPS) is 10.0. The van der Waals surface area contributed by atoms with Crippen LogP contribution in [0.2, 0.25) is 0 Å². The molecule has 0 heterocycles. The molecule has 0 aliphatic rings. The quantitative estimate of drug-likeness (QED) is 0.417. The Morgan fingerprint density at radius 3 is 2.47 bits per heavy atom. The summed E-state index contributed by atoms with van der Waals surface area (Å²) in [7, 11) is 0. The van der Waals surface area contributed by atoms with Gasteiger partial charge in [-0.25, -0.2) is 0 Å². The molecule has 2 N–H and O–H groups in total. The summed E-state index contributed by atoms with van der Waals surface area (Å²) in [6.45, 7) is 0. The predicted octanol–water partition coefficient (Wildman–Crippen LogP) is 2.11. The van der Waals surface area contributed by atoms with Crippen LogP contribution in [0, 0.1) is 7.14 Å². The van der Waals surface area contributed by atoms with Gasteiger partial charge in [0.15, 0.2) is 5.78 Å². The van der Waals surface area contributed by atoms with Crippen molar-refractivity contribution in [2.75, 3.05) is 0 Å². The molecule has 0 spiro atoms. The molecule has 1 aromatic rings. The van der Waals surface area contributed by atoms with Gasteiger partial charge in [0, 0.05) is 23.9 Å². The van der Waals surface area contributed by atoms with Crippen LogP contribution in [0.25, 0.3) is 0 Å². The number of halogens is 2. The molecule has 0 atom stereocenters. The van der Waals surface area contributed by atoms with Crippen molar-refractivity contribution in [1.82, 2.24) is 0 Å². The monoisotopic (exact) mass is 431 g/mol. The highest BCUT2D eigenvalue weighted by Gasteiger charge is 2.14. The standard InChI is InChI=1S/C10H8I2O3/c11-6-1-2-8(12)7(5-6)9(13)3-4-10(14)15/h1-2,5H,3-4H2,(H,14,15)/p+1. The Bertz CT molecular complexity index is 402. The Morgan fingerprint density at radius 1 is 1.20 bits per heavy atom. The van der Waals surface area contributed by atoms with Crippen LogP contribution in [0.3, 0.4) is 0 Å². The molecular weight excluding hydrogens is 422 g/mol. The van der Waals surface area contributed by atoms with Crippen molar-refractivity contribution >= 4 is 56.9 Å². The number of Topliss-reactive ketones (excluding diaryl/α,β-unsaturated/α-hetero) is 1. The summed E-state index contributed by atoms with van der Waals surface area (Å²) in [5, 5.41) is 6.73. The minimum atomic E-state index is -0.691. The zero-order valence-corrected chi connectivity index (χ0v) is 12.0. The lowest BCUT2D eigenvalue weighted by atomic mass is 10.1. The Morgan fingerprint density at radius 2 is 1.87 bits per heavy atom. The van der Waals surface area contributed by atoms with E-state index in [1.807, 2.05) is 12.1 Å². The van der Waals surface area contributed by atoms with Gasteiger partial charge in [0.25, 0.3) is 0 Å². The zero-order valence-electron chi connectivity index (χ0n) is 7.72. The van der Waals surface area contributed by atoms with Gasteiger partial charge in [-0.2, -0.15) is 0 Å². The maximum atomic E-state index is 11.7. The molecule has 1 rings (SSSR count). The van der Waals surface area contributed by atoms with Crippen LogP contribution >= 0.6 is 45.2 Å². The third-order valence-corrected chi connectivity index (χ3v) is 3.42. The SMILES string of the molecule is O=C([OH2+])CCC(=O)c1cc(I)ccc1I. The van der Waals surface area contributed by atoms with Crippen molar-refractivity contribution in [2.45, 2.75) is 12.8 Å². The number of carbonyl (C=O) groups excluding carboxylic acids is 2. The minimum absolute atomic E-state index is 0.000384. The van der Waals surface area contributed by atoms with E-state index >= 15 is 0 Å². The first-order valence-electron chi connectivity index (χ1n) is 4.23. The molecule has 0 radical (unpaired) electrons. The van der Waals surface area contributed by atoms with E-state index in [9.17, 15) is 9.59 Å². The second-order valence-corrected chi connectivity index (χ2v) is 5.38. The molecule has 0 saturated carbocycles. The van der Waals surface area contributed by atoms with Gasteiger partial charge < -0.3 is 5.11 Å². The highest BCUT2D eigenvalue weighted by atomic mass is 127. The van der Waals surface area contributed by atoms with E-state index in [0.717, 1.165) is 7.14 Å². The largest absolute Gasteiger partial charge is 0.565 e. The smallest absolute Gasteiger partial charge is 0.516 e. The average Bonchev–Trinajstić information content (AvgIpc) is 2.18. The molecule has 15 heavy (non-hydrogen) atoms. The van der Waals surface area contributed by atoms with Gasteiger partial charge >= 0.3 is 5.97 Å². The first-order chi connectivity index (χ1) is 7.00. The van der Waals surface area contributed by atoms with E-state index < -0.39 is 5.97 Å². The van der Waals surface area contributed by atoms with Crippen LogP contribution in [0.1, 0.15) is 23.2 Å². The third kappa shape index (κ3) is 4.06. The lowest BCUT2D eigenvalue weighted by Gasteiger charge is -2.02. The number of hydrogen-bond donors (Lipinski definition) is 0. The highest BCUT2D eigenvalue weighted by Crippen LogP contribution is 2.18. The molecular formula is C10H9I2O3+. The van der Waals surface area contributed by atoms with Crippen LogP contribution < -0.4 is 0 Å². The molecule has 5 heteroatoms. The van der Waals surface area contributed by atoms with Gasteiger partial charge in [-0.1, -0.05) is 0 Å². The number of ketones is 1. The summed E-state index contributed by atoms with van der Waals surface area (Å²) in [5.41, 5.74) is 0.642. The van der Waals surface area contributed by atoms with E-state index in [2.05, 4.69) is 45.2 Å². The maximum Gasteiger partial charge on any atom is 0.516 e. The van der Waals surface area contributed by atoms with Crippen molar-refractivity contribution < 1.29 is 14.7 Å². The van der Waals surface area contributed by atoms with Gasteiger partial charge in [0.1, 0.15) is 6.42 Å². The van der Waals surface area contributed by atoms with Crippen LogP contribution in [-0.2, 0) is 4.79 Å². The fraction of sp³-hybridized carbons (Fsp3) is 0.200. The molecule has 0 saturated heterocycles. The van der Waals surface area contributed by atoms with Gasteiger partial charge in [-0.05, 0) is 63.4 Å². The second-order valence-electron chi connectivity index (χ2n) is 2.97. The predicted molar refractivity (Wildman–Crippen MR) is 74.1 cm³/mol. The highest BCUT2D eigenvalue weighted by molar-refractivity contribution is 14.1. The number of hydrogen-bond acceptors (Lipinski definition) is 2. The molecule has 0 aromatic heterocycles. The fourth-order valence-electron chi connectivity index (χ4n) is 1.07. The molecule has 0 unspecified atom stereocenters.